The van der Waals surface area contributed by atoms with Crippen molar-refractivity contribution in [2.45, 2.75) is 5.75 Å². The van der Waals surface area contributed by atoms with Gasteiger partial charge in [0, 0.05) is 55.9 Å². The number of aromatic nitrogens is 3. The monoisotopic (exact) mass is 441 g/mol. The van der Waals surface area contributed by atoms with Gasteiger partial charge in [-0.1, -0.05) is 0 Å². The van der Waals surface area contributed by atoms with Gasteiger partial charge in [0.05, 0.1) is 30.4 Å². The third-order valence-corrected chi connectivity index (χ3v) is 6.80. The molecule has 1 saturated heterocycles. The topological polar surface area (TPSA) is 91.4 Å². The van der Waals surface area contributed by atoms with Crippen molar-refractivity contribution in [1.29, 1.82) is 0 Å². The number of nitrogens with one attached hydrogen (secondary N) is 1. The summed E-state index contributed by atoms with van der Waals surface area (Å²) < 4.78 is 18.6. The van der Waals surface area contributed by atoms with Gasteiger partial charge in [0.1, 0.15) is 5.82 Å². The largest absolute Gasteiger partial charge is 0.378 e. The van der Waals surface area contributed by atoms with Gasteiger partial charge >= 0.3 is 0 Å². The van der Waals surface area contributed by atoms with Crippen molar-refractivity contribution in [3.63, 3.8) is 0 Å². The van der Waals surface area contributed by atoms with Crippen molar-refractivity contribution >= 4 is 38.0 Å². The molecule has 0 radical (unpaired) electrons. The molecule has 3 aromatic rings. The van der Waals surface area contributed by atoms with Crippen molar-refractivity contribution in [2.24, 2.45) is 0 Å². The van der Waals surface area contributed by atoms with E-state index in [-0.39, 0.29) is 17.4 Å². The number of H-pyrrole nitrogens is 1. The first-order chi connectivity index (χ1) is 14.8. The molecule has 8 nitrogen and oxygen atoms in total. The molecule has 1 aliphatic heterocycles. The second-order valence-corrected chi connectivity index (χ2v) is 10.5. The fraction of sp³-hybridized carbons (Fsp3) is 0.364. The van der Waals surface area contributed by atoms with Gasteiger partial charge in [0.15, 0.2) is 5.82 Å². The minimum atomic E-state index is -2.68. The van der Waals surface area contributed by atoms with Gasteiger partial charge in [0.2, 0.25) is 5.91 Å². The molecular weight excluding hydrogens is 414 g/mol. The molecule has 9 heteroatoms. The van der Waals surface area contributed by atoms with E-state index in [1.807, 2.05) is 36.5 Å². The number of morpholine rings is 1. The summed E-state index contributed by atoms with van der Waals surface area (Å²) in [5, 5.41) is 1.07. The highest BCUT2D eigenvalue weighted by Crippen LogP contribution is 2.25. The predicted molar refractivity (Wildman–Crippen MR) is 125 cm³/mol. The Hall–Kier alpha value is -2.91. The zero-order valence-corrected chi connectivity index (χ0v) is 18.7. The lowest BCUT2D eigenvalue weighted by molar-refractivity contribution is -0.125. The molecule has 2 aromatic heterocycles. The van der Waals surface area contributed by atoms with Crippen LogP contribution < -0.4 is 4.90 Å². The van der Waals surface area contributed by atoms with Crippen molar-refractivity contribution < 1.29 is 13.7 Å². The summed E-state index contributed by atoms with van der Waals surface area (Å²) in [7, 11) is 0.614. The molecule has 1 unspecified atom stereocenters. The lowest BCUT2D eigenvalue weighted by Gasteiger charge is -2.28. The number of nitrogens with zero attached hydrogens (tertiary/aromatic N) is 4. The Morgan fingerprint density at radius 1 is 1.23 bits per heavy atom. The average Bonchev–Trinajstić information content (AvgIpc) is 3.21. The van der Waals surface area contributed by atoms with Crippen LogP contribution in [-0.4, -0.2) is 82.0 Å². The Labute approximate surface area is 182 Å². The van der Waals surface area contributed by atoms with Crippen LogP contribution in [-0.2, 0) is 24.8 Å². The average molecular weight is 442 g/mol. The molecule has 0 spiro atoms. The molecule has 1 atom stereocenters. The van der Waals surface area contributed by atoms with Crippen molar-refractivity contribution in [2.75, 3.05) is 51.1 Å². The second kappa shape index (κ2) is 8.68. The highest BCUT2D eigenvalue weighted by molar-refractivity contribution is 8.00. The first-order valence-corrected chi connectivity index (χ1v) is 12.2. The fourth-order valence-corrected chi connectivity index (χ4v) is 5.00. The van der Waals surface area contributed by atoms with E-state index in [0.29, 0.717) is 24.7 Å². The van der Waals surface area contributed by atoms with Crippen LogP contribution in [0.5, 0.6) is 0 Å². The number of benzene rings is 1. The molecule has 1 aliphatic rings. The van der Waals surface area contributed by atoms with Gasteiger partial charge in [-0.15, -0.1) is 0 Å². The summed E-state index contributed by atoms with van der Waals surface area (Å²) >= 11 is 0. The highest BCUT2D eigenvalue weighted by Gasteiger charge is 2.19. The summed E-state index contributed by atoms with van der Waals surface area (Å²) in [6.45, 7) is 2.72. The Bertz CT molecular complexity index is 1200. The highest BCUT2D eigenvalue weighted by atomic mass is 32.2. The van der Waals surface area contributed by atoms with E-state index in [9.17, 15) is 9.00 Å². The maximum absolute atomic E-state index is 13.1. The Balaban J connectivity index is 1.71. The van der Waals surface area contributed by atoms with Gasteiger partial charge < -0.3 is 19.5 Å². The Morgan fingerprint density at radius 2 is 2.00 bits per heavy atom. The molecule has 31 heavy (non-hydrogen) atoms. The quantitative estimate of drug-likeness (QED) is 0.586. The van der Waals surface area contributed by atoms with E-state index in [4.69, 9.17) is 14.7 Å². The molecule has 1 aromatic carbocycles. The number of fused-ring (bicyclic) bond motifs is 1. The molecule has 1 fully saturated rings. The molecule has 164 valence electrons. The smallest absolute Gasteiger partial charge is 0.234 e. The number of amides is 1. The Kier molecular flexibility index (Phi) is 5.97. The summed E-state index contributed by atoms with van der Waals surface area (Å²) in [6.07, 6.45) is 1.89. The van der Waals surface area contributed by atoms with Gasteiger partial charge in [-0.25, -0.2) is 9.97 Å². The first-order valence-electron chi connectivity index (χ1n) is 10.1. The zero-order valence-electron chi connectivity index (χ0n) is 17.8. The van der Waals surface area contributed by atoms with Gasteiger partial charge in [-0.2, -0.15) is 0 Å². The number of rotatable bonds is 6. The van der Waals surface area contributed by atoms with Crippen LogP contribution >= 0.6 is 0 Å². The van der Waals surface area contributed by atoms with E-state index in [1.54, 1.807) is 14.1 Å². The van der Waals surface area contributed by atoms with Crippen LogP contribution in [0, 0.1) is 0 Å². The first kappa shape index (κ1) is 21.3. The van der Waals surface area contributed by atoms with Crippen LogP contribution in [0.3, 0.4) is 0 Å². The number of carbonyl (C=O) groups excluding carboxylic acids is 1. The number of hydrogen-bond acceptors (Lipinski definition) is 6. The number of ether oxygens (including phenoxy) is 1. The lowest BCUT2D eigenvalue weighted by atomic mass is 10.1. The van der Waals surface area contributed by atoms with E-state index in [1.165, 1.54) is 4.90 Å². The summed E-state index contributed by atoms with van der Waals surface area (Å²) in [6, 6.07) is 9.86. The standard InChI is InChI=1S/C22H27N5O3S/c1-26(2)21(28)15-31(3,29)14-18-13-20(27-8-10-30-11-9-27)25-22(24-18)17-4-5-19-16(12-17)6-7-23-19/h4-7,12-13,23H,3,8-11,14-15H2,1-2H3. The third kappa shape index (κ3) is 5.05. The normalized spacial score (nSPS) is 16.3. The molecule has 4 rings (SSSR count). The SMILES string of the molecule is C=S(=O)(CC(=O)N(C)C)Cc1cc(N2CCOCC2)nc(-c2ccc3[nH]ccc3c2)n1. The number of carbonyl (C=O) groups is 1. The summed E-state index contributed by atoms with van der Waals surface area (Å²) in [5.41, 5.74) is 2.53. The van der Waals surface area contributed by atoms with Gasteiger partial charge in [-0.3, -0.25) is 9.00 Å². The molecule has 1 amide bonds. The fourth-order valence-electron chi connectivity index (χ4n) is 3.51. The molecule has 0 bridgehead atoms. The van der Waals surface area contributed by atoms with Crippen LogP contribution in [0.1, 0.15) is 5.69 Å². The van der Waals surface area contributed by atoms with Gasteiger partial charge in [0.25, 0.3) is 0 Å². The third-order valence-electron chi connectivity index (χ3n) is 5.21. The van der Waals surface area contributed by atoms with E-state index >= 15 is 0 Å². The van der Waals surface area contributed by atoms with E-state index in [2.05, 4.69) is 15.8 Å². The number of anilines is 1. The van der Waals surface area contributed by atoms with Gasteiger partial charge in [-0.05, 0) is 39.7 Å². The molecule has 1 N–H and O–H groups in total. The van der Waals surface area contributed by atoms with E-state index in [0.717, 1.165) is 35.4 Å². The summed E-state index contributed by atoms with van der Waals surface area (Å²) in [4.78, 5) is 28.4. The molecular formula is C22H27N5O3S. The minimum absolute atomic E-state index is 0.110. The summed E-state index contributed by atoms with van der Waals surface area (Å²) in [5.74, 6) is 4.98. The maximum Gasteiger partial charge on any atom is 0.234 e. The van der Waals surface area contributed by atoms with Crippen LogP contribution in [0.4, 0.5) is 5.82 Å². The molecule has 3 heterocycles. The lowest BCUT2D eigenvalue weighted by Crippen LogP contribution is -2.37. The second-order valence-electron chi connectivity index (χ2n) is 7.96. The number of aromatic amines is 1. The molecule has 0 saturated carbocycles. The van der Waals surface area contributed by atoms with Crippen LogP contribution in [0.25, 0.3) is 22.3 Å². The van der Waals surface area contributed by atoms with E-state index < -0.39 is 9.52 Å². The predicted octanol–water partition coefficient (Wildman–Crippen LogP) is 1.77. The van der Waals surface area contributed by atoms with Crippen LogP contribution in [0.2, 0.25) is 0 Å². The minimum Gasteiger partial charge on any atom is -0.378 e. The van der Waals surface area contributed by atoms with Crippen molar-refractivity contribution in [3.8, 4) is 11.4 Å². The van der Waals surface area contributed by atoms with Crippen molar-refractivity contribution in [1.82, 2.24) is 19.9 Å². The molecule has 0 aliphatic carbocycles. The Morgan fingerprint density at radius 3 is 2.74 bits per heavy atom. The zero-order chi connectivity index (χ0) is 22.0. The maximum atomic E-state index is 13.1. The van der Waals surface area contributed by atoms with Crippen LogP contribution in [0.15, 0.2) is 36.5 Å². The van der Waals surface area contributed by atoms with Crippen molar-refractivity contribution in [3.05, 3.63) is 42.2 Å². The number of hydrogen-bond donors (Lipinski definition) is 1.